The Morgan fingerprint density at radius 2 is 1.25 bits per heavy atom. The van der Waals surface area contributed by atoms with Gasteiger partial charge in [-0.2, -0.15) is 0 Å². The van der Waals surface area contributed by atoms with Crippen molar-refractivity contribution in [2.45, 2.75) is 0 Å². The number of primary amides is 2. The van der Waals surface area contributed by atoms with Gasteiger partial charge in [-0.3, -0.25) is 19.6 Å². The molecule has 6 nitrogen and oxygen atoms in total. The van der Waals surface area contributed by atoms with Gasteiger partial charge in [-0.05, 0) is 47.0 Å². The molecule has 0 atom stereocenters. The number of hydrogen-bond donors (Lipinski definition) is 2. The van der Waals surface area contributed by atoms with Gasteiger partial charge in [-0.1, -0.05) is 6.07 Å². The molecule has 0 saturated carbocycles. The quantitative estimate of drug-likeness (QED) is 0.766. The number of rotatable bonds is 4. The van der Waals surface area contributed by atoms with E-state index in [1.54, 1.807) is 43.0 Å². The average Bonchev–Trinajstić information content (AvgIpc) is 2.61. The lowest BCUT2D eigenvalue weighted by Crippen LogP contribution is -2.22. The first-order chi connectivity index (χ1) is 11.6. The molecule has 2 aromatic heterocycles. The molecular weight excluding hydrogens is 304 g/mol. The zero-order chi connectivity index (χ0) is 17.1. The van der Waals surface area contributed by atoms with E-state index >= 15 is 0 Å². The Morgan fingerprint density at radius 3 is 1.75 bits per heavy atom. The number of pyridine rings is 2. The summed E-state index contributed by atoms with van der Waals surface area (Å²) in [5.74, 6) is -1.42. The SMILES string of the molecule is NC(=O)c1ccc(-c2ccncc2)c(-c2ccncc2)c1C(N)=O. The summed E-state index contributed by atoms with van der Waals surface area (Å²) in [6.45, 7) is 0. The topological polar surface area (TPSA) is 112 Å². The molecule has 3 rings (SSSR count). The van der Waals surface area contributed by atoms with E-state index in [-0.39, 0.29) is 11.1 Å². The molecule has 2 amide bonds. The molecular formula is C18H14N4O2. The summed E-state index contributed by atoms with van der Waals surface area (Å²) in [5.41, 5.74) is 14.0. The third-order valence-electron chi connectivity index (χ3n) is 3.68. The lowest BCUT2D eigenvalue weighted by atomic mass is 9.88. The third kappa shape index (κ3) is 2.72. The van der Waals surface area contributed by atoms with E-state index < -0.39 is 11.8 Å². The van der Waals surface area contributed by atoms with Crippen LogP contribution in [-0.4, -0.2) is 21.8 Å². The molecule has 0 radical (unpaired) electrons. The molecule has 1 aromatic carbocycles. The van der Waals surface area contributed by atoms with E-state index in [0.717, 1.165) is 11.1 Å². The molecule has 0 aliphatic rings. The van der Waals surface area contributed by atoms with Crippen LogP contribution in [-0.2, 0) is 0 Å². The van der Waals surface area contributed by atoms with Crippen LogP contribution in [0.5, 0.6) is 0 Å². The molecule has 0 unspecified atom stereocenters. The zero-order valence-electron chi connectivity index (χ0n) is 12.6. The Hall–Kier alpha value is -3.54. The molecule has 24 heavy (non-hydrogen) atoms. The van der Waals surface area contributed by atoms with Crippen molar-refractivity contribution in [3.8, 4) is 22.3 Å². The lowest BCUT2D eigenvalue weighted by molar-refractivity contribution is 0.0968. The van der Waals surface area contributed by atoms with Crippen LogP contribution in [0.25, 0.3) is 22.3 Å². The number of amides is 2. The third-order valence-corrected chi connectivity index (χ3v) is 3.68. The Bertz CT molecular complexity index is 909. The molecule has 4 N–H and O–H groups in total. The van der Waals surface area contributed by atoms with Gasteiger partial charge in [-0.15, -0.1) is 0 Å². The fourth-order valence-electron chi connectivity index (χ4n) is 2.65. The minimum Gasteiger partial charge on any atom is -0.366 e. The van der Waals surface area contributed by atoms with Gasteiger partial charge in [0.25, 0.3) is 0 Å². The van der Waals surface area contributed by atoms with Gasteiger partial charge in [0.15, 0.2) is 0 Å². The van der Waals surface area contributed by atoms with E-state index in [1.165, 1.54) is 6.07 Å². The first kappa shape index (κ1) is 15.4. The minimum absolute atomic E-state index is 0.0899. The highest BCUT2D eigenvalue weighted by molar-refractivity contribution is 6.12. The molecule has 0 aliphatic heterocycles. The minimum atomic E-state index is -0.716. The maximum atomic E-state index is 12.1. The summed E-state index contributed by atoms with van der Waals surface area (Å²) in [6, 6.07) is 10.4. The first-order valence-electron chi connectivity index (χ1n) is 7.17. The maximum Gasteiger partial charge on any atom is 0.250 e. The van der Waals surface area contributed by atoms with E-state index in [0.29, 0.717) is 11.1 Å². The molecule has 2 heterocycles. The predicted molar refractivity (Wildman–Crippen MR) is 89.9 cm³/mol. The Labute approximate surface area is 138 Å². The monoisotopic (exact) mass is 318 g/mol. The fourth-order valence-corrected chi connectivity index (χ4v) is 2.65. The molecule has 3 aromatic rings. The summed E-state index contributed by atoms with van der Waals surface area (Å²) in [6.07, 6.45) is 6.51. The van der Waals surface area contributed by atoms with Crippen LogP contribution in [0.1, 0.15) is 20.7 Å². The molecule has 0 fully saturated rings. The number of benzene rings is 1. The standard InChI is InChI=1S/C18H14N4O2/c19-17(23)14-2-1-13(11-3-7-21-8-4-11)15(16(14)18(20)24)12-5-9-22-10-6-12/h1-10H,(H2,19,23)(H2,20,24). The maximum absolute atomic E-state index is 12.1. The number of carbonyl (C=O) groups excluding carboxylic acids is 2. The highest BCUT2D eigenvalue weighted by atomic mass is 16.2. The van der Waals surface area contributed by atoms with Crippen molar-refractivity contribution in [2.24, 2.45) is 11.5 Å². The van der Waals surface area contributed by atoms with E-state index in [4.69, 9.17) is 11.5 Å². The Balaban J connectivity index is 2.42. The summed E-state index contributed by atoms with van der Waals surface area (Å²) in [7, 11) is 0. The normalized spacial score (nSPS) is 10.3. The van der Waals surface area contributed by atoms with Crippen molar-refractivity contribution in [1.82, 2.24) is 9.97 Å². The summed E-state index contributed by atoms with van der Waals surface area (Å²) in [4.78, 5) is 31.8. The van der Waals surface area contributed by atoms with Gasteiger partial charge >= 0.3 is 0 Å². The van der Waals surface area contributed by atoms with Crippen molar-refractivity contribution in [3.05, 3.63) is 72.3 Å². The zero-order valence-corrected chi connectivity index (χ0v) is 12.6. The highest BCUT2D eigenvalue weighted by Gasteiger charge is 2.22. The van der Waals surface area contributed by atoms with E-state index in [2.05, 4.69) is 9.97 Å². The van der Waals surface area contributed by atoms with Gasteiger partial charge in [0.05, 0.1) is 11.1 Å². The van der Waals surface area contributed by atoms with Crippen molar-refractivity contribution in [3.63, 3.8) is 0 Å². The summed E-state index contributed by atoms with van der Waals surface area (Å²) >= 11 is 0. The van der Waals surface area contributed by atoms with Crippen LogP contribution in [0.4, 0.5) is 0 Å². The van der Waals surface area contributed by atoms with E-state index in [1.807, 2.05) is 12.1 Å². The molecule has 118 valence electrons. The number of hydrogen-bond acceptors (Lipinski definition) is 4. The molecule has 0 spiro atoms. The van der Waals surface area contributed by atoms with Gasteiger partial charge in [-0.25, -0.2) is 0 Å². The second kappa shape index (κ2) is 6.29. The highest BCUT2D eigenvalue weighted by Crippen LogP contribution is 2.36. The van der Waals surface area contributed by atoms with Crippen molar-refractivity contribution >= 4 is 11.8 Å². The molecule has 6 heteroatoms. The number of nitrogens with zero attached hydrogens (tertiary/aromatic N) is 2. The molecule has 0 saturated heterocycles. The van der Waals surface area contributed by atoms with E-state index in [9.17, 15) is 9.59 Å². The Morgan fingerprint density at radius 1 is 0.708 bits per heavy atom. The Kier molecular flexibility index (Phi) is 4.03. The lowest BCUT2D eigenvalue weighted by Gasteiger charge is -2.16. The van der Waals surface area contributed by atoms with Crippen molar-refractivity contribution in [1.29, 1.82) is 0 Å². The average molecular weight is 318 g/mol. The number of aromatic nitrogens is 2. The second-order valence-electron chi connectivity index (χ2n) is 5.11. The van der Waals surface area contributed by atoms with Gasteiger partial charge < -0.3 is 11.5 Å². The number of carbonyl (C=O) groups is 2. The fraction of sp³-hybridized carbons (Fsp3) is 0. The van der Waals surface area contributed by atoms with Crippen LogP contribution in [0.2, 0.25) is 0 Å². The van der Waals surface area contributed by atoms with Gasteiger partial charge in [0, 0.05) is 30.4 Å². The van der Waals surface area contributed by atoms with Crippen LogP contribution < -0.4 is 11.5 Å². The van der Waals surface area contributed by atoms with Crippen LogP contribution in [0, 0.1) is 0 Å². The first-order valence-corrected chi connectivity index (χ1v) is 7.17. The molecule has 0 aliphatic carbocycles. The van der Waals surface area contributed by atoms with Crippen LogP contribution in [0.15, 0.2) is 61.2 Å². The summed E-state index contributed by atoms with van der Waals surface area (Å²) < 4.78 is 0. The van der Waals surface area contributed by atoms with Gasteiger partial charge in [0.2, 0.25) is 11.8 Å². The van der Waals surface area contributed by atoms with Crippen LogP contribution in [0.3, 0.4) is 0 Å². The van der Waals surface area contributed by atoms with Crippen molar-refractivity contribution < 1.29 is 9.59 Å². The van der Waals surface area contributed by atoms with Crippen molar-refractivity contribution in [2.75, 3.05) is 0 Å². The largest absolute Gasteiger partial charge is 0.366 e. The van der Waals surface area contributed by atoms with Gasteiger partial charge in [0.1, 0.15) is 0 Å². The number of nitrogens with two attached hydrogens (primary N) is 2. The van der Waals surface area contributed by atoms with Crippen LogP contribution >= 0.6 is 0 Å². The molecule has 0 bridgehead atoms. The summed E-state index contributed by atoms with van der Waals surface area (Å²) in [5, 5.41) is 0. The predicted octanol–water partition coefficient (Wildman–Crippen LogP) is 2.01. The second-order valence-corrected chi connectivity index (χ2v) is 5.11. The smallest absolute Gasteiger partial charge is 0.250 e.